The van der Waals surface area contributed by atoms with Gasteiger partial charge in [-0.05, 0) is 69.5 Å². The van der Waals surface area contributed by atoms with E-state index in [4.69, 9.17) is 21.1 Å². The van der Waals surface area contributed by atoms with Crippen molar-refractivity contribution < 1.29 is 24.2 Å². The Labute approximate surface area is 257 Å². The third-order valence-corrected chi connectivity index (χ3v) is 7.40. The van der Waals surface area contributed by atoms with Gasteiger partial charge in [0.05, 0.1) is 43.1 Å². The fourth-order valence-electron chi connectivity index (χ4n) is 5.37. The van der Waals surface area contributed by atoms with Gasteiger partial charge in [0.25, 0.3) is 5.56 Å². The van der Waals surface area contributed by atoms with Crippen LogP contribution in [-0.2, 0) is 22.4 Å². The molecule has 5 rings (SSSR count). The van der Waals surface area contributed by atoms with Crippen molar-refractivity contribution in [1.82, 2.24) is 28.6 Å². The number of rotatable bonds is 5. The van der Waals surface area contributed by atoms with Crippen LogP contribution in [0.15, 0.2) is 52.6 Å². The van der Waals surface area contributed by atoms with Gasteiger partial charge in [0.2, 0.25) is 0 Å². The molecular weight excluding hydrogens is 592 g/mol. The Balaban J connectivity index is 1.52. The third kappa shape index (κ3) is 6.53. The van der Waals surface area contributed by atoms with Crippen LogP contribution in [0.1, 0.15) is 44.4 Å². The van der Waals surface area contributed by atoms with E-state index in [-0.39, 0.29) is 25.3 Å². The molecule has 44 heavy (non-hydrogen) atoms. The number of nitrogens with zero attached hydrogens (tertiary/aromatic N) is 6. The quantitative estimate of drug-likeness (QED) is 0.349. The molecule has 4 aromatic rings. The number of aryl methyl sites for hydroxylation is 1. The molecule has 0 radical (unpaired) electrons. The second kappa shape index (κ2) is 11.9. The maximum absolute atomic E-state index is 13.1. The van der Waals surface area contributed by atoms with Gasteiger partial charge in [-0.15, -0.1) is 0 Å². The molecule has 1 aliphatic heterocycles. The van der Waals surface area contributed by atoms with E-state index in [1.165, 1.54) is 11.2 Å². The minimum Gasteiger partial charge on any atom is -0.465 e. The number of morpholine rings is 1. The van der Waals surface area contributed by atoms with Gasteiger partial charge in [-0.1, -0.05) is 11.6 Å². The standard InChI is InChI=1S/C30H33ClN6O7/c1-17-8-20(31)10-23(22(17)11-21-15-34(28(40)41)12-18(2)43-21)26-24-9-19(14-37(24)33-16-32-26)13-36-25(38)6-7-35(27(36)39)29(42)44-30(3,4)5/h6-10,14,16,18,21H,11-13,15H2,1-5H3,(H,40,41)/t18-,21?/m0/s1. The predicted molar refractivity (Wildman–Crippen MR) is 162 cm³/mol. The Hall–Kier alpha value is -4.49. The van der Waals surface area contributed by atoms with Crippen molar-refractivity contribution in [2.24, 2.45) is 0 Å². The number of hydrogen-bond donors (Lipinski definition) is 1. The van der Waals surface area contributed by atoms with Crippen molar-refractivity contribution in [2.75, 3.05) is 13.1 Å². The highest BCUT2D eigenvalue weighted by molar-refractivity contribution is 6.31. The van der Waals surface area contributed by atoms with Gasteiger partial charge in [-0.2, -0.15) is 5.10 Å². The summed E-state index contributed by atoms with van der Waals surface area (Å²) in [6.07, 6.45) is 2.05. The highest BCUT2D eigenvalue weighted by Crippen LogP contribution is 2.33. The lowest BCUT2D eigenvalue weighted by Gasteiger charge is -2.35. The molecular formula is C30H33ClN6O7. The number of carboxylic acid groups (broad SMARTS) is 1. The molecule has 1 saturated heterocycles. The van der Waals surface area contributed by atoms with Crippen molar-refractivity contribution in [3.05, 3.63) is 85.5 Å². The van der Waals surface area contributed by atoms with Crippen molar-refractivity contribution in [3.63, 3.8) is 0 Å². The van der Waals surface area contributed by atoms with Crippen molar-refractivity contribution in [3.8, 4) is 11.3 Å². The average molecular weight is 625 g/mol. The molecule has 1 unspecified atom stereocenters. The Morgan fingerprint density at radius 3 is 2.64 bits per heavy atom. The molecule has 0 aliphatic carbocycles. The second-order valence-electron chi connectivity index (χ2n) is 11.9. The summed E-state index contributed by atoms with van der Waals surface area (Å²) in [4.78, 5) is 56.1. The molecule has 3 aromatic heterocycles. The van der Waals surface area contributed by atoms with Gasteiger partial charge < -0.3 is 19.5 Å². The molecule has 14 heteroatoms. The van der Waals surface area contributed by atoms with Gasteiger partial charge in [0.15, 0.2) is 0 Å². The summed E-state index contributed by atoms with van der Waals surface area (Å²) in [6, 6.07) is 6.52. The number of amides is 1. The molecule has 1 amide bonds. The van der Waals surface area contributed by atoms with E-state index in [1.54, 1.807) is 43.6 Å². The lowest BCUT2D eigenvalue weighted by molar-refractivity contribution is -0.0682. The summed E-state index contributed by atoms with van der Waals surface area (Å²) in [7, 11) is 0. The lowest BCUT2D eigenvalue weighted by Crippen LogP contribution is -2.49. The Morgan fingerprint density at radius 1 is 1.18 bits per heavy atom. The molecule has 0 spiro atoms. The molecule has 2 atom stereocenters. The number of carbonyl (C=O) groups is 2. The smallest absolute Gasteiger partial charge is 0.422 e. The fraction of sp³-hybridized carbons (Fsp3) is 0.400. The molecule has 13 nitrogen and oxygen atoms in total. The number of carbonyl (C=O) groups excluding carboxylic acids is 1. The van der Waals surface area contributed by atoms with Gasteiger partial charge in [-0.3, -0.25) is 9.36 Å². The van der Waals surface area contributed by atoms with Crippen molar-refractivity contribution >= 4 is 29.3 Å². The summed E-state index contributed by atoms with van der Waals surface area (Å²) >= 11 is 6.50. The average Bonchev–Trinajstić information content (AvgIpc) is 3.34. The summed E-state index contributed by atoms with van der Waals surface area (Å²) in [6.45, 7) is 9.18. The van der Waals surface area contributed by atoms with Crippen LogP contribution in [0, 0.1) is 6.92 Å². The molecule has 232 valence electrons. The van der Waals surface area contributed by atoms with Gasteiger partial charge in [0.1, 0.15) is 11.9 Å². The highest BCUT2D eigenvalue weighted by atomic mass is 35.5. The zero-order valence-electron chi connectivity index (χ0n) is 25.0. The van der Waals surface area contributed by atoms with Crippen LogP contribution in [0.3, 0.4) is 0 Å². The zero-order chi connectivity index (χ0) is 31.9. The number of benzene rings is 1. The maximum atomic E-state index is 13.1. The zero-order valence-corrected chi connectivity index (χ0v) is 25.7. The lowest BCUT2D eigenvalue weighted by atomic mass is 9.93. The number of halogens is 1. The normalized spacial score (nSPS) is 17.2. The second-order valence-corrected chi connectivity index (χ2v) is 12.3. The number of fused-ring (bicyclic) bond motifs is 1. The minimum atomic E-state index is -0.994. The first-order valence-electron chi connectivity index (χ1n) is 14.0. The molecule has 1 aliphatic rings. The monoisotopic (exact) mass is 624 g/mol. The summed E-state index contributed by atoms with van der Waals surface area (Å²) in [5.74, 6) is 0. The van der Waals surface area contributed by atoms with E-state index in [0.29, 0.717) is 34.8 Å². The maximum Gasteiger partial charge on any atom is 0.422 e. The summed E-state index contributed by atoms with van der Waals surface area (Å²) in [5.41, 5.74) is 1.96. The summed E-state index contributed by atoms with van der Waals surface area (Å²) < 4.78 is 14.7. The van der Waals surface area contributed by atoms with E-state index in [2.05, 4.69) is 10.1 Å². The van der Waals surface area contributed by atoms with Gasteiger partial charge >= 0.3 is 17.9 Å². The van der Waals surface area contributed by atoms with Gasteiger partial charge in [-0.25, -0.2) is 28.5 Å². The van der Waals surface area contributed by atoms with Crippen molar-refractivity contribution in [2.45, 2.75) is 65.4 Å². The van der Waals surface area contributed by atoms with E-state index in [9.17, 15) is 24.3 Å². The number of hydrogen-bond acceptors (Lipinski definition) is 8. The van der Waals surface area contributed by atoms with E-state index in [0.717, 1.165) is 38.1 Å². The predicted octanol–water partition coefficient (Wildman–Crippen LogP) is 3.82. The SMILES string of the molecule is Cc1cc(Cl)cc(-c2ncnn3cc(Cn4c(=O)ccn(C(=O)OC(C)(C)C)c4=O)cc23)c1CC1CN(C(=O)O)C[C@H](C)O1. The number of aromatic nitrogens is 5. The molecule has 4 heterocycles. The molecule has 1 fully saturated rings. The Morgan fingerprint density at radius 2 is 1.93 bits per heavy atom. The first kappa shape index (κ1) is 31.0. The topological polar surface area (TPSA) is 150 Å². The largest absolute Gasteiger partial charge is 0.465 e. The van der Waals surface area contributed by atoms with Crippen LogP contribution < -0.4 is 11.2 Å². The van der Waals surface area contributed by atoms with Crippen LogP contribution in [-0.4, -0.2) is 76.8 Å². The Kier molecular flexibility index (Phi) is 8.36. The summed E-state index contributed by atoms with van der Waals surface area (Å²) in [5, 5.41) is 14.4. The molecule has 0 saturated carbocycles. The molecule has 1 aromatic carbocycles. The Bertz CT molecular complexity index is 1870. The molecule has 0 bridgehead atoms. The molecule has 1 N–H and O–H groups in total. The fourth-order valence-corrected chi connectivity index (χ4v) is 5.64. The van der Waals surface area contributed by atoms with Gasteiger partial charge in [0, 0.05) is 35.5 Å². The minimum absolute atomic E-state index is 0.135. The first-order chi connectivity index (χ1) is 20.7. The first-order valence-corrected chi connectivity index (χ1v) is 14.4. The highest BCUT2D eigenvalue weighted by Gasteiger charge is 2.30. The van der Waals surface area contributed by atoms with Crippen LogP contribution in [0.5, 0.6) is 0 Å². The van der Waals surface area contributed by atoms with E-state index < -0.39 is 29.0 Å². The van der Waals surface area contributed by atoms with Crippen LogP contribution in [0.25, 0.3) is 16.8 Å². The van der Waals surface area contributed by atoms with Crippen molar-refractivity contribution in [1.29, 1.82) is 0 Å². The van der Waals surface area contributed by atoms with Crippen LogP contribution in [0.2, 0.25) is 5.02 Å². The number of ether oxygens (including phenoxy) is 2. The van der Waals surface area contributed by atoms with E-state index >= 15 is 0 Å². The third-order valence-electron chi connectivity index (χ3n) is 7.18. The van der Waals surface area contributed by atoms with E-state index in [1.807, 2.05) is 19.9 Å². The van der Waals surface area contributed by atoms with Crippen LogP contribution >= 0.6 is 11.6 Å². The van der Waals surface area contributed by atoms with Crippen LogP contribution in [0.4, 0.5) is 9.59 Å².